The molecule has 194 valence electrons. The van der Waals surface area contributed by atoms with Crippen LogP contribution >= 0.6 is 0 Å². The Bertz CT molecular complexity index is 1340. The SMILES string of the molecule is CC1(C)[C@@H]2CC[C@@]1(C)[C@@H](NCc1ccc(CNc3ccc4occ(C5CCC(=O)NC5=O)c4c3)cc1)C2. The first-order chi connectivity index (χ1) is 17.7. The number of hydrogen-bond acceptors (Lipinski definition) is 5. The van der Waals surface area contributed by atoms with Crippen molar-refractivity contribution < 1.29 is 14.0 Å². The van der Waals surface area contributed by atoms with E-state index in [1.807, 2.05) is 18.2 Å². The minimum Gasteiger partial charge on any atom is -0.464 e. The van der Waals surface area contributed by atoms with Crippen molar-refractivity contribution in [2.45, 2.75) is 77.9 Å². The van der Waals surface area contributed by atoms with Gasteiger partial charge in [0.05, 0.1) is 12.2 Å². The molecule has 3 N–H and O–H groups in total. The van der Waals surface area contributed by atoms with Crippen molar-refractivity contribution in [2.24, 2.45) is 16.7 Å². The number of fused-ring (bicyclic) bond motifs is 3. The lowest BCUT2D eigenvalue weighted by atomic mass is 9.69. The maximum Gasteiger partial charge on any atom is 0.234 e. The van der Waals surface area contributed by atoms with Gasteiger partial charge in [-0.1, -0.05) is 45.0 Å². The minimum atomic E-state index is -0.358. The van der Waals surface area contributed by atoms with Crippen molar-refractivity contribution >= 4 is 28.5 Å². The first kappa shape index (κ1) is 24.2. The number of carbonyl (C=O) groups excluding carboxylic acids is 2. The average molecular weight is 500 g/mol. The number of nitrogens with one attached hydrogen (secondary N) is 3. The van der Waals surface area contributed by atoms with Crippen molar-refractivity contribution in [3.63, 3.8) is 0 Å². The number of anilines is 1. The highest BCUT2D eigenvalue weighted by molar-refractivity contribution is 6.03. The summed E-state index contributed by atoms with van der Waals surface area (Å²) in [7, 11) is 0. The maximum atomic E-state index is 12.4. The summed E-state index contributed by atoms with van der Waals surface area (Å²) in [6.45, 7) is 9.04. The second-order valence-corrected chi connectivity index (χ2v) is 12.1. The van der Waals surface area contributed by atoms with Crippen LogP contribution in [0.5, 0.6) is 0 Å². The van der Waals surface area contributed by atoms with Crippen LogP contribution in [0.2, 0.25) is 0 Å². The largest absolute Gasteiger partial charge is 0.464 e. The summed E-state index contributed by atoms with van der Waals surface area (Å²) in [5.74, 6) is 0.0420. The van der Waals surface area contributed by atoms with Crippen molar-refractivity contribution in [2.75, 3.05) is 5.32 Å². The Kier molecular flexibility index (Phi) is 5.90. The van der Waals surface area contributed by atoms with Gasteiger partial charge in [-0.3, -0.25) is 14.9 Å². The number of hydrogen-bond donors (Lipinski definition) is 3. The van der Waals surface area contributed by atoms with E-state index in [0.29, 0.717) is 36.3 Å². The second-order valence-electron chi connectivity index (χ2n) is 12.1. The molecule has 4 atom stereocenters. The molecule has 2 bridgehead atoms. The van der Waals surface area contributed by atoms with E-state index >= 15 is 0 Å². The molecule has 1 unspecified atom stereocenters. The Morgan fingerprint density at radius 2 is 1.76 bits per heavy atom. The van der Waals surface area contributed by atoms with Crippen LogP contribution in [0.4, 0.5) is 5.69 Å². The maximum absolute atomic E-state index is 12.4. The summed E-state index contributed by atoms with van der Waals surface area (Å²) in [4.78, 5) is 23.9. The molecule has 3 fully saturated rings. The normalized spacial score (nSPS) is 28.6. The average Bonchev–Trinajstić information content (AvgIpc) is 3.45. The van der Waals surface area contributed by atoms with E-state index in [1.165, 1.54) is 30.4 Å². The second kappa shape index (κ2) is 9.02. The minimum absolute atomic E-state index is 0.207. The van der Waals surface area contributed by atoms with Gasteiger partial charge in [-0.15, -0.1) is 0 Å². The molecule has 0 spiro atoms. The molecule has 2 aromatic carbocycles. The van der Waals surface area contributed by atoms with E-state index in [2.05, 4.69) is 61.0 Å². The van der Waals surface area contributed by atoms with Gasteiger partial charge < -0.3 is 15.1 Å². The van der Waals surface area contributed by atoms with E-state index in [-0.39, 0.29) is 17.7 Å². The van der Waals surface area contributed by atoms with Crippen LogP contribution in [0, 0.1) is 16.7 Å². The van der Waals surface area contributed by atoms with Crippen molar-refractivity contribution in [1.29, 1.82) is 0 Å². The van der Waals surface area contributed by atoms with Gasteiger partial charge in [0.15, 0.2) is 0 Å². The van der Waals surface area contributed by atoms with Crippen molar-refractivity contribution in [1.82, 2.24) is 10.6 Å². The third kappa shape index (κ3) is 4.15. The van der Waals surface area contributed by atoms with Gasteiger partial charge in [-0.2, -0.15) is 0 Å². The fourth-order valence-corrected chi connectivity index (χ4v) is 7.15. The molecule has 2 saturated carbocycles. The van der Waals surface area contributed by atoms with E-state index in [0.717, 1.165) is 34.7 Å². The predicted molar refractivity (Wildman–Crippen MR) is 145 cm³/mol. The highest BCUT2D eigenvalue weighted by atomic mass is 16.3. The molecule has 6 heteroatoms. The molecular formula is C31H37N3O3. The van der Waals surface area contributed by atoms with Crippen molar-refractivity contribution in [3.8, 4) is 0 Å². The van der Waals surface area contributed by atoms with Crippen LogP contribution in [-0.4, -0.2) is 17.9 Å². The number of furan rings is 1. The van der Waals surface area contributed by atoms with Gasteiger partial charge in [0.25, 0.3) is 0 Å². The summed E-state index contributed by atoms with van der Waals surface area (Å²) in [6.07, 6.45) is 6.54. The number of imide groups is 1. The Labute approximate surface area is 218 Å². The van der Waals surface area contributed by atoms with Gasteiger partial charge in [0, 0.05) is 42.2 Å². The lowest BCUT2D eigenvalue weighted by molar-refractivity contribution is -0.134. The van der Waals surface area contributed by atoms with Gasteiger partial charge in [-0.25, -0.2) is 0 Å². The Morgan fingerprint density at radius 3 is 2.43 bits per heavy atom. The molecule has 3 aromatic rings. The lowest BCUT2D eigenvalue weighted by Crippen LogP contribution is -2.44. The monoisotopic (exact) mass is 499 g/mol. The zero-order valence-electron chi connectivity index (χ0n) is 22.0. The Hall–Kier alpha value is -3.12. The van der Waals surface area contributed by atoms with E-state index in [4.69, 9.17) is 4.42 Å². The quantitative estimate of drug-likeness (QED) is 0.354. The third-order valence-corrected chi connectivity index (χ3v) is 10.1. The number of rotatable bonds is 7. The topological polar surface area (TPSA) is 83.4 Å². The smallest absolute Gasteiger partial charge is 0.234 e. The Morgan fingerprint density at radius 1 is 1.00 bits per heavy atom. The molecule has 1 saturated heterocycles. The summed E-state index contributed by atoms with van der Waals surface area (Å²) in [6, 6.07) is 15.4. The van der Waals surface area contributed by atoms with Gasteiger partial charge >= 0.3 is 0 Å². The first-order valence-corrected chi connectivity index (χ1v) is 13.6. The lowest BCUT2D eigenvalue weighted by Gasteiger charge is -2.39. The molecular weight excluding hydrogens is 462 g/mol. The molecule has 1 aliphatic heterocycles. The Balaban J connectivity index is 1.07. The van der Waals surface area contributed by atoms with Crippen LogP contribution in [0.25, 0.3) is 11.0 Å². The number of amides is 2. The predicted octanol–water partition coefficient (Wildman–Crippen LogP) is 5.87. The standard InChI is InChI=1S/C31H37N3O3/c1-30(2)21-12-13-31(30,3)27(14-21)33-17-20-6-4-19(5-7-20)16-32-22-8-10-26-24(15-22)25(18-37-26)23-9-11-28(35)34-29(23)36/h4-8,10,15,18,21,23,27,32-33H,9,11-14,16-17H2,1-3H3,(H,34,35,36)/t21-,23?,27+,31+/m1/s1. The fraction of sp³-hybridized carbons (Fsp3) is 0.484. The van der Waals surface area contributed by atoms with E-state index in [1.54, 1.807) is 6.26 Å². The summed E-state index contributed by atoms with van der Waals surface area (Å²) in [5.41, 5.74) is 5.93. The van der Waals surface area contributed by atoms with Crippen LogP contribution in [-0.2, 0) is 22.7 Å². The molecule has 2 aliphatic carbocycles. The number of carbonyl (C=O) groups is 2. The molecule has 1 aromatic heterocycles. The van der Waals surface area contributed by atoms with Crippen LogP contribution in [0.3, 0.4) is 0 Å². The van der Waals surface area contributed by atoms with E-state index in [9.17, 15) is 9.59 Å². The van der Waals surface area contributed by atoms with Gasteiger partial charge in [0.2, 0.25) is 11.8 Å². The molecule has 6 rings (SSSR count). The highest BCUT2D eigenvalue weighted by Gasteiger charge is 2.60. The summed E-state index contributed by atoms with van der Waals surface area (Å²) in [5, 5.41) is 10.8. The molecule has 2 heterocycles. The van der Waals surface area contributed by atoms with Gasteiger partial charge in [-0.05, 0) is 71.8 Å². The molecule has 0 radical (unpaired) electrons. The molecule has 6 nitrogen and oxygen atoms in total. The number of piperidine rings is 1. The van der Waals surface area contributed by atoms with Crippen LogP contribution in [0.15, 0.2) is 53.1 Å². The van der Waals surface area contributed by atoms with Gasteiger partial charge in [0.1, 0.15) is 5.58 Å². The van der Waals surface area contributed by atoms with Crippen LogP contribution in [0.1, 0.15) is 75.5 Å². The molecule has 2 amide bonds. The highest BCUT2D eigenvalue weighted by Crippen LogP contribution is 2.65. The zero-order chi connectivity index (χ0) is 25.8. The number of benzene rings is 2. The summed E-state index contributed by atoms with van der Waals surface area (Å²) >= 11 is 0. The fourth-order valence-electron chi connectivity index (χ4n) is 7.15. The zero-order valence-corrected chi connectivity index (χ0v) is 22.0. The van der Waals surface area contributed by atoms with Crippen molar-refractivity contribution in [3.05, 3.63) is 65.4 Å². The van der Waals surface area contributed by atoms with E-state index < -0.39 is 0 Å². The first-order valence-electron chi connectivity index (χ1n) is 13.6. The molecule has 3 aliphatic rings. The molecule has 37 heavy (non-hydrogen) atoms. The third-order valence-electron chi connectivity index (χ3n) is 10.1. The van der Waals surface area contributed by atoms with Crippen LogP contribution < -0.4 is 16.0 Å². The summed E-state index contributed by atoms with van der Waals surface area (Å²) < 4.78 is 5.70.